The third-order valence-corrected chi connectivity index (χ3v) is 5.43. The Morgan fingerprint density at radius 3 is 2.17 bits per heavy atom. The van der Waals surface area contributed by atoms with Gasteiger partial charge in [-0.1, -0.05) is 28.1 Å². The number of hydrogen-bond acceptors (Lipinski definition) is 4. The van der Waals surface area contributed by atoms with E-state index in [-0.39, 0.29) is 10.9 Å². The van der Waals surface area contributed by atoms with Crippen LogP contribution in [0.25, 0.3) is 0 Å². The predicted molar refractivity (Wildman–Crippen MR) is 92.4 cm³/mol. The van der Waals surface area contributed by atoms with Gasteiger partial charge in [-0.2, -0.15) is 0 Å². The summed E-state index contributed by atoms with van der Waals surface area (Å²) in [5.74, 6) is 0.846. The molecule has 0 fully saturated rings. The van der Waals surface area contributed by atoms with Crippen LogP contribution in [0, 0.1) is 0 Å². The highest BCUT2D eigenvalue weighted by Crippen LogP contribution is 2.30. The second kappa shape index (κ2) is 7.33. The summed E-state index contributed by atoms with van der Waals surface area (Å²) in [6, 6.07) is 11.6. The number of ether oxygens (including phenoxy) is 2. The Labute approximate surface area is 144 Å². The molecule has 7 heteroatoms. The molecule has 23 heavy (non-hydrogen) atoms. The van der Waals surface area contributed by atoms with Crippen LogP contribution < -0.4 is 14.2 Å². The van der Waals surface area contributed by atoms with E-state index in [1.165, 1.54) is 26.4 Å². The molecule has 1 atom stereocenters. The first-order valence-electron chi connectivity index (χ1n) is 6.87. The zero-order valence-electron chi connectivity index (χ0n) is 13.0. The van der Waals surface area contributed by atoms with Crippen molar-refractivity contribution in [1.29, 1.82) is 0 Å². The monoisotopic (exact) mass is 399 g/mol. The van der Waals surface area contributed by atoms with Gasteiger partial charge in [-0.25, -0.2) is 13.1 Å². The van der Waals surface area contributed by atoms with Gasteiger partial charge in [-0.15, -0.1) is 0 Å². The second-order valence-electron chi connectivity index (χ2n) is 4.91. The number of benzene rings is 2. The van der Waals surface area contributed by atoms with Crippen LogP contribution in [0.5, 0.6) is 11.5 Å². The topological polar surface area (TPSA) is 64.6 Å². The first kappa shape index (κ1) is 17.8. The minimum atomic E-state index is -3.67. The van der Waals surface area contributed by atoms with Crippen LogP contribution in [-0.2, 0) is 10.0 Å². The number of nitrogens with one attached hydrogen (secondary N) is 1. The number of methoxy groups -OCH3 is 2. The number of sulfonamides is 1. The van der Waals surface area contributed by atoms with Crippen LogP contribution in [0.4, 0.5) is 0 Å². The van der Waals surface area contributed by atoms with Gasteiger partial charge < -0.3 is 9.47 Å². The molecule has 0 saturated heterocycles. The molecular weight excluding hydrogens is 382 g/mol. The highest BCUT2D eigenvalue weighted by molar-refractivity contribution is 9.10. The zero-order valence-corrected chi connectivity index (χ0v) is 15.4. The summed E-state index contributed by atoms with van der Waals surface area (Å²) in [5, 5.41) is 0. The maximum Gasteiger partial charge on any atom is 0.241 e. The Bertz CT molecular complexity index is 775. The van der Waals surface area contributed by atoms with E-state index in [9.17, 15) is 8.42 Å². The van der Waals surface area contributed by atoms with Crippen molar-refractivity contribution < 1.29 is 17.9 Å². The molecule has 2 rings (SSSR count). The Kier molecular flexibility index (Phi) is 5.67. The van der Waals surface area contributed by atoms with Gasteiger partial charge in [-0.05, 0) is 36.8 Å². The third kappa shape index (κ3) is 4.25. The Balaban J connectivity index is 2.26. The van der Waals surface area contributed by atoms with E-state index in [4.69, 9.17) is 9.47 Å². The second-order valence-corrected chi connectivity index (χ2v) is 7.54. The highest BCUT2D eigenvalue weighted by Gasteiger charge is 2.20. The maximum absolute atomic E-state index is 12.5. The van der Waals surface area contributed by atoms with E-state index in [1.54, 1.807) is 13.0 Å². The van der Waals surface area contributed by atoms with Crippen molar-refractivity contribution in [3.8, 4) is 11.5 Å². The highest BCUT2D eigenvalue weighted by atomic mass is 79.9. The van der Waals surface area contributed by atoms with Gasteiger partial charge in [0.05, 0.1) is 19.1 Å². The van der Waals surface area contributed by atoms with Gasteiger partial charge in [0.25, 0.3) is 0 Å². The van der Waals surface area contributed by atoms with Crippen molar-refractivity contribution in [1.82, 2.24) is 4.72 Å². The van der Waals surface area contributed by atoms with E-state index in [0.717, 1.165) is 10.0 Å². The van der Waals surface area contributed by atoms with Crippen molar-refractivity contribution >= 4 is 26.0 Å². The van der Waals surface area contributed by atoms with Gasteiger partial charge >= 0.3 is 0 Å². The summed E-state index contributed by atoms with van der Waals surface area (Å²) in [5.41, 5.74) is 0.872. The van der Waals surface area contributed by atoms with Gasteiger partial charge in [-0.3, -0.25) is 0 Å². The Hall–Kier alpha value is -1.57. The predicted octanol–water partition coefficient (Wildman–Crippen LogP) is 3.51. The van der Waals surface area contributed by atoms with Crippen molar-refractivity contribution in [3.63, 3.8) is 0 Å². The van der Waals surface area contributed by atoms with E-state index in [2.05, 4.69) is 20.7 Å². The summed E-state index contributed by atoms with van der Waals surface area (Å²) in [6.45, 7) is 1.79. The van der Waals surface area contributed by atoms with Crippen molar-refractivity contribution in [2.24, 2.45) is 0 Å². The first-order chi connectivity index (χ1) is 10.9. The molecule has 2 aromatic carbocycles. The molecule has 124 valence electrons. The first-order valence-corrected chi connectivity index (χ1v) is 9.15. The Morgan fingerprint density at radius 2 is 1.61 bits per heavy atom. The molecule has 0 heterocycles. The summed E-state index contributed by atoms with van der Waals surface area (Å²) in [6.07, 6.45) is 0. The molecule has 0 saturated carbocycles. The van der Waals surface area contributed by atoms with Gasteiger partial charge in [0.2, 0.25) is 10.0 Å². The lowest BCUT2D eigenvalue weighted by atomic mass is 10.1. The normalized spacial score (nSPS) is 12.7. The molecule has 0 aliphatic heterocycles. The molecule has 0 aliphatic rings. The van der Waals surface area contributed by atoms with Gasteiger partial charge in [0.15, 0.2) is 11.5 Å². The third-order valence-electron chi connectivity index (χ3n) is 3.37. The lowest BCUT2D eigenvalue weighted by molar-refractivity contribution is 0.354. The van der Waals surface area contributed by atoms with Gasteiger partial charge in [0.1, 0.15) is 0 Å². The summed E-state index contributed by atoms with van der Waals surface area (Å²) < 4.78 is 38.9. The van der Waals surface area contributed by atoms with E-state index >= 15 is 0 Å². The fourth-order valence-corrected chi connectivity index (χ4v) is 3.62. The molecule has 5 nitrogen and oxygen atoms in total. The molecule has 0 aliphatic carbocycles. The SMILES string of the molecule is COc1ccc(S(=O)(=O)N[C@@H](C)c2ccc(Br)cc2)cc1OC. The number of hydrogen-bond donors (Lipinski definition) is 1. The summed E-state index contributed by atoms with van der Waals surface area (Å²) in [4.78, 5) is 0.124. The van der Waals surface area contributed by atoms with Crippen LogP contribution in [0.2, 0.25) is 0 Å². The van der Waals surface area contributed by atoms with Crippen LogP contribution in [0.15, 0.2) is 51.8 Å². The van der Waals surface area contributed by atoms with Crippen molar-refractivity contribution in [3.05, 3.63) is 52.5 Å². The lowest BCUT2D eigenvalue weighted by Gasteiger charge is -2.16. The fourth-order valence-electron chi connectivity index (χ4n) is 2.10. The molecule has 0 aromatic heterocycles. The maximum atomic E-state index is 12.5. The number of halogens is 1. The molecule has 0 amide bonds. The minimum absolute atomic E-state index is 0.124. The lowest BCUT2D eigenvalue weighted by Crippen LogP contribution is -2.26. The van der Waals surface area contributed by atoms with Crippen LogP contribution in [0.1, 0.15) is 18.5 Å². The number of rotatable bonds is 6. The largest absolute Gasteiger partial charge is 0.493 e. The van der Waals surface area contributed by atoms with Crippen LogP contribution >= 0.6 is 15.9 Å². The van der Waals surface area contributed by atoms with E-state index in [1.807, 2.05) is 24.3 Å². The Morgan fingerprint density at radius 1 is 1.00 bits per heavy atom. The zero-order chi connectivity index (χ0) is 17.0. The molecular formula is C16H18BrNO4S. The fraction of sp³-hybridized carbons (Fsp3) is 0.250. The molecule has 0 spiro atoms. The molecule has 0 bridgehead atoms. The standard InChI is InChI=1S/C16H18BrNO4S/c1-11(12-4-6-13(17)7-5-12)18-23(19,20)14-8-9-15(21-2)16(10-14)22-3/h4-11,18H,1-3H3/t11-/m0/s1. The van der Waals surface area contributed by atoms with Crippen LogP contribution in [-0.4, -0.2) is 22.6 Å². The minimum Gasteiger partial charge on any atom is -0.493 e. The average molecular weight is 400 g/mol. The molecule has 2 aromatic rings. The van der Waals surface area contributed by atoms with Crippen LogP contribution in [0.3, 0.4) is 0 Å². The van der Waals surface area contributed by atoms with E-state index < -0.39 is 10.0 Å². The smallest absolute Gasteiger partial charge is 0.241 e. The van der Waals surface area contributed by atoms with Crippen molar-refractivity contribution in [2.45, 2.75) is 17.9 Å². The average Bonchev–Trinajstić information content (AvgIpc) is 2.54. The molecule has 0 radical (unpaired) electrons. The molecule has 0 unspecified atom stereocenters. The van der Waals surface area contributed by atoms with Crippen molar-refractivity contribution in [2.75, 3.05) is 14.2 Å². The van der Waals surface area contributed by atoms with E-state index in [0.29, 0.717) is 11.5 Å². The molecule has 1 N–H and O–H groups in total. The quantitative estimate of drug-likeness (QED) is 0.806. The van der Waals surface area contributed by atoms with Gasteiger partial charge in [0, 0.05) is 16.6 Å². The summed E-state index contributed by atoms with van der Waals surface area (Å²) >= 11 is 3.36. The summed E-state index contributed by atoms with van der Waals surface area (Å²) in [7, 11) is -0.708.